The number of ether oxygens (including phenoxy) is 2. The van der Waals surface area contributed by atoms with Gasteiger partial charge in [0.15, 0.2) is 6.10 Å². The molecule has 2 unspecified atom stereocenters. The lowest BCUT2D eigenvalue weighted by Gasteiger charge is -2.38. The van der Waals surface area contributed by atoms with Crippen LogP contribution in [0.3, 0.4) is 0 Å². The number of hydrogen-bond donors (Lipinski definition) is 0. The molecule has 0 spiro atoms. The largest absolute Gasteiger partial charge is 0.376 e. The molecule has 0 N–H and O–H groups in total. The van der Waals surface area contributed by atoms with E-state index in [1.807, 2.05) is 23.1 Å². The van der Waals surface area contributed by atoms with Crippen LogP contribution in [0.5, 0.6) is 0 Å². The van der Waals surface area contributed by atoms with E-state index >= 15 is 0 Å². The summed E-state index contributed by atoms with van der Waals surface area (Å²) in [6.07, 6.45) is 1.57. The summed E-state index contributed by atoms with van der Waals surface area (Å²) >= 11 is 0. The van der Waals surface area contributed by atoms with Crippen molar-refractivity contribution in [3.8, 4) is 0 Å². The Morgan fingerprint density at radius 3 is 2.95 bits per heavy atom. The van der Waals surface area contributed by atoms with Crippen molar-refractivity contribution < 1.29 is 14.3 Å². The van der Waals surface area contributed by atoms with Crippen LogP contribution in [-0.2, 0) is 20.7 Å². The molecule has 0 radical (unpaired) electrons. The van der Waals surface area contributed by atoms with Gasteiger partial charge in [-0.2, -0.15) is 0 Å². The van der Waals surface area contributed by atoms with Crippen LogP contribution >= 0.6 is 0 Å². The average molecular weight is 261 g/mol. The number of fused-ring (bicyclic) bond motifs is 1. The molecule has 19 heavy (non-hydrogen) atoms. The predicted molar refractivity (Wildman–Crippen MR) is 72.3 cm³/mol. The number of amides is 1. The molecule has 2 aliphatic rings. The molecular weight excluding hydrogens is 242 g/mol. The highest BCUT2D eigenvalue weighted by Gasteiger charge is 2.34. The standard InChI is InChI=1S/C15H19NO3/c1-11-6-7-12-4-2-3-5-13(12)16(11)15(17)14-10-18-8-9-19-14/h2-5,11,14H,6-10H2,1H3. The Balaban J connectivity index is 1.88. The molecular formula is C15H19NO3. The lowest BCUT2D eigenvalue weighted by atomic mass is 9.96. The molecule has 102 valence electrons. The van der Waals surface area contributed by atoms with E-state index in [4.69, 9.17) is 9.47 Å². The van der Waals surface area contributed by atoms with Crippen molar-refractivity contribution in [1.82, 2.24) is 0 Å². The molecule has 2 atom stereocenters. The van der Waals surface area contributed by atoms with Gasteiger partial charge < -0.3 is 14.4 Å². The SMILES string of the molecule is CC1CCc2ccccc2N1C(=O)C1COCCO1. The number of carbonyl (C=O) groups is 1. The quantitative estimate of drug-likeness (QED) is 0.773. The van der Waals surface area contributed by atoms with Gasteiger partial charge >= 0.3 is 0 Å². The third kappa shape index (κ3) is 2.38. The molecule has 0 aromatic heterocycles. The van der Waals surface area contributed by atoms with E-state index in [1.165, 1.54) is 5.56 Å². The number of anilines is 1. The van der Waals surface area contributed by atoms with Gasteiger partial charge in [0.2, 0.25) is 0 Å². The summed E-state index contributed by atoms with van der Waals surface area (Å²) in [5.41, 5.74) is 2.27. The van der Waals surface area contributed by atoms with Gasteiger partial charge in [0.25, 0.3) is 5.91 Å². The van der Waals surface area contributed by atoms with Crippen molar-refractivity contribution in [2.45, 2.75) is 31.9 Å². The molecule has 0 bridgehead atoms. The lowest BCUT2D eigenvalue weighted by Crippen LogP contribution is -2.50. The molecule has 4 heteroatoms. The van der Waals surface area contributed by atoms with Crippen LogP contribution in [0.1, 0.15) is 18.9 Å². The van der Waals surface area contributed by atoms with E-state index in [1.54, 1.807) is 0 Å². The number of hydrogen-bond acceptors (Lipinski definition) is 3. The summed E-state index contributed by atoms with van der Waals surface area (Å²) < 4.78 is 10.9. The van der Waals surface area contributed by atoms with Gasteiger partial charge in [-0.05, 0) is 31.4 Å². The molecule has 0 aliphatic carbocycles. The number of carbonyl (C=O) groups excluding carboxylic acids is 1. The zero-order valence-electron chi connectivity index (χ0n) is 11.2. The fraction of sp³-hybridized carbons (Fsp3) is 0.533. The fourth-order valence-electron chi connectivity index (χ4n) is 2.81. The van der Waals surface area contributed by atoms with Crippen LogP contribution in [0.15, 0.2) is 24.3 Å². The number of nitrogens with zero attached hydrogens (tertiary/aromatic N) is 1. The van der Waals surface area contributed by atoms with Gasteiger partial charge in [0.1, 0.15) is 0 Å². The van der Waals surface area contributed by atoms with Crippen molar-refractivity contribution in [1.29, 1.82) is 0 Å². The van der Waals surface area contributed by atoms with Crippen molar-refractivity contribution in [3.05, 3.63) is 29.8 Å². The Hall–Kier alpha value is -1.39. The number of rotatable bonds is 1. The minimum atomic E-state index is -0.456. The second-order valence-corrected chi connectivity index (χ2v) is 5.16. The third-order valence-electron chi connectivity index (χ3n) is 3.85. The van der Waals surface area contributed by atoms with Gasteiger partial charge in [-0.15, -0.1) is 0 Å². The predicted octanol–water partition coefficient (Wildman–Crippen LogP) is 1.77. The summed E-state index contributed by atoms with van der Waals surface area (Å²) in [6.45, 7) is 3.54. The topological polar surface area (TPSA) is 38.8 Å². The Morgan fingerprint density at radius 2 is 2.16 bits per heavy atom. The first kappa shape index (κ1) is 12.6. The monoisotopic (exact) mass is 261 g/mol. The third-order valence-corrected chi connectivity index (χ3v) is 3.85. The molecule has 1 amide bonds. The van der Waals surface area contributed by atoms with Crippen LogP contribution < -0.4 is 4.90 Å². The van der Waals surface area contributed by atoms with Crippen molar-refractivity contribution >= 4 is 11.6 Å². The second-order valence-electron chi connectivity index (χ2n) is 5.16. The van der Waals surface area contributed by atoms with Gasteiger partial charge in [-0.25, -0.2) is 0 Å². The van der Waals surface area contributed by atoms with Crippen LogP contribution in [0, 0.1) is 0 Å². The smallest absolute Gasteiger partial charge is 0.258 e. The van der Waals surface area contributed by atoms with E-state index in [0.717, 1.165) is 18.5 Å². The summed E-state index contributed by atoms with van der Waals surface area (Å²) in [7, 11) is 0. The summed E-state index contributed by atoms with van der Waals surface area (Å²) in [5, 5.41) is 0. The zero-order valence-corrected chi connectivity index (χ0v) is 11.2. The van der Waals surface area contributed by atoms with E-state index in [2.05, 4.69) is 13.0 Å². The lowest BCUT2D eigenvalue weighted by molar-refractivity contribution is -0.145. The molecule has 2 aliphatic heterocycles. The first-order valence-electron chi connectivity index (χ1n) is 6.87. The Bertz CT molecular complexity index is 468. The van der Waals surface area contributed by atoms with Crippen LogP contribution in [0.2, 0.25) is 0 Å². The number of benzene rings is 1. The normalized spacial score (nSPS) is 26.9. The maximum Gasteiger partial charge on any atom is 0.258 e. The van der Waals surface area contributed by atoms with E-state index in [9.17, 15) is 4.79 Å². The molecule has 1 fully saturated rings. The molecule has 1 aromatic rings. The zero-order chi connectivity index (χ0) is 13.2. The molecule has 2 heterocycles. The molecule has 4 nitrogen and oxygen atoms in total. The molecule has 3 rings (SSSR count). The molecule has 1 aromatic carbocycles. The van der Waals surface area contributed by atoms with Crippen LogP contribution in [0.25, 0.3) is 0 Å². The molecule has 1 saturated heterocycles. The molecule has 0 saturated carbocycles. The highest BCUT2D eigenvalue weighted by Crippen LogP contribution is 2.31. The van der Waals surface area contributed by atoms with Gasteiger partial charge in [0, 0.05) is 11.7 Å². The van der Waals surface area contributed by atoms with Gasteiger partial charge in [0.05, 0.1) is 19.8 Å². The second kappa shape index (κ2) is 5.31. The average Bonchev–Trinajstić information content (AvgIpc) is 2.47. The van der Waals surface area contributed by atoms with Crippen LogP contribution in [0.4, 0.5) is 5.69 Å². The summed E-state index contributed by atoms with van der Waals surface area (Å²) in [6, 6.07) is 8.34. The van der Waals surface area contributed by atoms with E-state index in [-0.39, 0.29) is 11.9 Å². The van der Waals surface area contributed by atoms with Gasteiger partial charge in [-0.3, -0.25) is 4.79 Å². The Morgan fingerprint density at radius 1 is 1.32 bits per heavy atom. The van der Waals surface area contributed by atoms with Crippen molar-refractivity contribution in [2.75, 3.05) is 24.7 Å². The van der Waals surface area contributed by atoms with Gasteiger partial charge in [-0.1, -0.05) is 18.2 Å². The highest BCUT2D eigenvalue weighted by molar-refractivity contribution is 5.98. The fourth-order valence-corrected chi connectivity index (χ4v) is 2.81. The number of para-hydroxylation sites is 1. The first-order chi connectivity index (χ1) is 9.27. The first-order valence-corrected chi connectivity index (χ1v) is 6.87. The van der Waals surface area contributed by atoms with E-state index in [0.29, 0.717) is 19.8 Å². The van der Waals surface area contributed by atoms with Crippen molar-refractivity contribution in [3.63, 3.8) is 0 Å². The minimum Gasteiger partial charge on any atom is -0.376 e. The Kier molecular flexibility index (Phi) is 3.53. The Labute approximate surface area is 113 Å². The van der Waals surface area contributed by atoms with Crippen LogP contribution in [-0.4, -0.2) is 37.9 Å². The minimum absolute atomic E-state index is 0.0272. The highest BCUT2D eigenvalue weighted by atomic mass is 16.6. The van der Waals surface area contributed by atoms with Crippen molar-refractivity contribution in [2.24, 2.45) is 0 Å². The summed E-state index contributed by atoms with van der Waals surface area (Å²) in [4.78, 5) is 14.5. The van der Waals surface area contributed by atoms with E-state index < -0.39 is 6.10 Å². The maximum absolute atomic E-state index is 12.6. The number of aryl methyl sites for hydroxylation is 1. The summed E-state index contributed by atoms with van der Waals surface area (Å²) in [5.74, 6) is 0.0272. The maximum atomic E-state index is 12.6.